The third kappa shape index (κ3) is 4.21. The minimum atomic E-state index is -4.44. The second-order valence-corrected chi connectivity index (χ2v) is 7.49. The van der Waals surface area contributed by atoms with Crippen LogP contribution in [0.3, 0.4) is 0 Å². The van der Waals surface area contributed by atoms with Crippen LogP contribution in [0, 0.1) is 5.41 Å². The third-order valence-corrected chi connectivity index (χ3v) is 3.60. The maximum Gasteiger partial charge on any atom is 0.345 e. The fourth-order valence-corrected chi connectivity index (χ4v) is 2.99. The highest BCUT2D eigenvalue weighted by molar-refractivity contribution is 7.52. The summed E-state index contributed by atoms with van der Waals surface area (Å²) in [5, 5.41) is 12.4. The molecule has 0 aromatic rings. The zero-order chi connectivity index (χ0) is 12.7. The van der Waals surface area contributed by atoms with Gasteiger partial charge in [-0.3, -0.25) is 4.57 Å². The van der Waals surface area contributed by atoms with Crippen molar-refractivity contribution in [3.8, 4) is 0 Å². The zero-order valence-corrected chi connectivity index (χ0v) is 11.1. The molecule has 0 aliphatic carbocycles. The van der Waals surface area contributed by atoms with Gasteiger partial charge < -0.3 is 9.79 Å². The minimum absolute atomic E-state index is 0.508. The molecule has 0 fully saturated rings. The Kier molecular flexibility index (Phi) is 4.17. The number of hydroxylamine groups is 2. The molecule has 91 valence electrons. The zero-order valence-electron chi connectivity index (χ0n) is 10.2. The molecule has 0 spiro atoms. The predicted molar refractivity (Wildman–Crippen MR) is 57.6 cm³/mol. The molecule has 0 rings (SSSR count). The topological polar surface area (TPSA) is 80.7 Å². The summed E-state index contributed by atoms with van der Waals surface area (Å²) in [6.07, 6.45) is 0. The molecule has 1 unspecified atom stereocenters. The summed E-state index contributed by atoms with van der Waals surface area (Å²) in [5.41, 5.74) is -1.59. The Morgan fingerprint density at radius 1 is 1.07 bits per heavy atom. The van der Waals surface area contributed by atoms with Crippen molar-refractivity contribution in [2.45, 2.75) is 52.9 Å². The Hall–Kier alpha value is 0.0700. The first-order valence-corrected chi connectivity index (χ1v) is 6.48. The Labute approximate surface area is 91.2 Å². The molecule has 5 nitrogen and oxygen atoms in total. The Morgan fingerprint density at radius 3 is 1.47 bits per heavy atom. The normalized spacial score (nSPS) is 16.9. The second kappa shape index (κ2) is 4.15. The maximum absolute atomic E-state index is 11.9. The lowest BCUT2D eigenvalue weighted by Gasteiger charge is -2.40. The molecule has 0 aromatic carbocycles. The van der Waals surface area contributed by atoms with Crippen molar-refractivity contribution in [3.63, 3.8) is 0 Å². The summed E-state index contributed by atoms with van der Waals surface area (Å²) in [4.78, 5) is 18.4. The largest absolute Gasteiger partial charge is 0.345 e. The van der Waals surface area contributed by atoms with Crippen LogP contribution in [-0.4, -0.2) is 26.2 Å². The summed E-state index contributed by atoms with van der Waals surface area (Å²) in [5.74, 6) is -1.31. The van der Waals surface area contributed by atoms with Crippen LogP contribution in [-0.2, 0) is 9.77 Å². The molecule has 0 heterocycles. The van der Waals surface area contributed by atoms with Crippen molar-refractivity contribution in [3.05, 3.63) is 0 Å². The monoisotopic (exact) mass is 238 g/mol. The van der Waals surface area contributed by atoms with Crippen molar-refractivity contribution in [1.82, 2.24) is 5.06 Å². The Morgan fingerprint density at radius 2 is 1.40 bits per heavy atom. The van der Waals surface area contributed by atoms with Crippen molar-refractivity contribution >= 4 is 7.60 Å². The highest BCUT2D eigenvalue weighted by Gasteiger charge is 2.47. The molecule has 0 saturated heterocycles. The highest BCUT2D eigenvalue weighted by atomic mass is 31.2. The third-order valence-electron chi connectivity index (χ3n) is 1.98. The lowest BCUT2D eigenvalue weighted by Crippen LogP contribution is -2.50. The summed E-state index contributed by atoms with van der Waals surface area (Å²) < 4.78 is 11.3. The van der Waals surface area contributed by atoms with E-state index in [2.05, 4.69) is 0 Å². The fourth-order valence-electron chi connectivity index (χ4n) is 1.36. The van der Waals surface area contributed by atoms with Gasteiger partial charge in [-0.15, -0.1) is 10.3 Å². The summed E-state index contributed by atoms with van der Waals surface area (Å²) >= 11 is 0. The van der Waals surface area contributed by atoms with Crippen LogP contribution < -0.4 is 0 Å². The van der Waals surface area contributed by atoms with Gasteiger partial charge in [0.2, 0.25) is 0 Å². The first-order chi connectivity index (χ1) is 6.28. The van der Waals surface area contributed by atoms with E-state index < -0.39 is 24.3 Å². The average molecular weight is 238 g/mol. The molecule has 0 saturated carbocycles. The maximum atomic E-state index is 11.9. The molecule has 2 N–H and O–H groups in total. The number of hydrogen-bond acceptors (Lipinski definition) is 2. The molecule has 0 aromatic heterocycles. The van der Waals surface area contributed by atoms with E-state index in [1.807, 2.05) is 0 Å². The van der Waals surface area contributed by atoms with Crippen molar-refractivity contribution in [2.75, 3.05) is 0 Å². The van der Waals surface area contributed by atoms with Gasteiger partial charge in [-0.05, 0) is 26.2 Å². The van der Waals surface area contributed by atoms with Gasteiger partial charge in [-0.1, -0.05) is 20.8 Å². The van der Waals surface area contributed by atoms with Crippen LogP contribution in [0.15, 0.2) is 0 Å². The molecule has 0 aliphatic rings. The molecular formula is C9H21NO4P. The van der Waals surface area contributed by atoms with Gasteiger partial charge in [-0.25, -0.2) is 0 Å². The van der Waals surface area contributed by atoms with Crippen LogP contribution in [0.4, 0.5) is 0 Å². The summed E-state index contributed by atoms with van der Waals surface area (Å²) in [6.45, 7) is 9.84. The second-order valence-electron chi connectivity index (χ2n) is 5.83. The van der Waals surface area contributed by atoms with E-state index in [1.54, 1.807) is 41.5 Å². The van der Waals surface area contributed by atoms with Gasteiger partial charge in [0, 0.05) is 5.54 Å². The van der Waals surface area contributed by atoms with E-state index >= 15 is 0 Å². The van der Waals surface area contributed by atoms with Crippen molar-refractivity contribution in [2.24, 2.45) is 5.41 Å². The molecule has 1 atom stereocenters. The van der Waals surface area contributed by atoms with Gasteiger partial charge in [0.25, 0.3) is 0 Å². The first kappa shape index (κ1) is 15.1. The first-order valence-electron chi connectivity index (χ1n) is 4.79. The quantitative estimate of drug-likeness (QED) is 0.569. The smallest absolute Gasteiger partial charge is 0.323 e. The summed E-state index contributed by atoms with van der Waals surface area (Å²) in [7, 11) is -4.44. The van der Waals surface area contributed by atoms with Crippen LogP contribution in [0.2, 0.25) is 0 Å². The molecule has 0 bridgehead atoms. The van der Waals surface area contributed by atoms with Gasteiger partial charge in [-0.2, -0.15) is 0 Å². The fraction of sp³-hybridized carbons (Fsp3) is 1.00. The number of hydrogen-bond donors (Lipinski definition) is 2. The Bertz CT molecular complexity index is 260. The van der Waals surface area contributed by atoms with Gasteiger partial charge in [0.15, 0.2) is 0 Å². The average Bonchev–Trinajstić information content (AvgIpc) is 1.76. The molecule has 0 amide bonds. The molecule has 0 aliphatic heterocycles. The van der Waals surface area contributed by atoms with E-state index in [9.17, 15) is 19.6 Å². The van der Waals surface area contributed by atoms with Crippen molar-refractivity contribution < 1.29 is 19.6 Å². The van der Waals surface area contributed by atoms with E-state index in [0.717, 1.165) is 0 Å². The summed E-state index contributed by atoms with van der Waals surface area (Å²) in [6, 6.07) is 0. The number of nitrogens with zero attached hydrogens (tertiary/aromatic N) is 1. The molecule has 15 heavy (non-hydrogen) atoms. The number of rotatable bonds is 2. The van der Waals surface area contributed by atoms with Crippen LogP contribution in [0.1, 0.15) is 41.5 Å². The molecule has 6 heteroatoms. The predicted octanol–water partition coefficient (Wildman–Crippen LogP) is 1.98. The lowest BCUT2D eigenvalue weighted by atomic mass is 9.94. The van der Waals surface area contributed by atoms with Crippen LogP contribution in [0.25, 0.3) is 0 Å². The highest BCUT2D eigenvalue weighted by Crippen LogP contribution is 2.52. The van der Waals surface area contributed by atoms with Gasteiger partial charge >= 0.3 is 7.60 Å². The lowest BCUT2D eigenvalue weighted by molar-refractivity contribution is -0.240. The van der Waals surface area contributed by atoms with Crippen LogP contribution in [0.5, 0.6) is 0 Å². The van der Waals surface area contributed by atoms with E-state index in [-0.39, 0.29) is 0 Å². The van der Waals surface area contributed by atoms with Crippen LogP contribution >= 0.6 is 7.60 Å². The van der Waals surface area contributed by atoms with E-state index in [0.29, 0.717) is 5.06 Å². The standard InChI is InChI=1S/C9H21NO4P/c1-8(2,3)7(15(12,13)14)10(11)9(4,5)6/h7H,1-6H3,(H2,12,13,14). The van der Waals surface area contributed by atoms with Gasteiger partial charge in [0.05, 0.1) is 0 Å². The van der Waals surface area contributed by atoms with Gasteiger partial charge in [0.1, 0.15) is 5.78 Å². The molecular weight excluding hydrogens is 217 g/mol. The Balaban J connectivity index is 5.26. The van der Waals surface area contributed by atoms with E-state index in [4.69, 9.17) is 0 Å². The SMILES string of the molecule is CC(C)(C)C(N([O])C(C)(C)C)P(=O)(O)O. The molecule has 1 radical (unpaired) electrons. The minimum Gasteiger partial charge on any atom is -0.323 e. The van der Waals surface area contributed by atoms with Crippen molar-refractivity contribution in [1.29, 1.82) is 0 Å². The van der Waals surface area contributed by atoms with E-state index in [1.165, 1.54) is 0 Å².